The number of aromatic nitrogens is 2. The zero-order valence-electron chi connectivity index (χ0n) is 11.6. The molecule has 1 saturated carbocycles. The van der Waals surface area contributed by atoms with Crippen molar-refractivity contribution in [2.24, 2.45) is 7.05 Å². The zero-order chi connectivity index (χ0) is 12.9. The van der Waals surface area contributed by atoms with Crippen LogP contribution in [-0.2, 0) is 12.6 Å². The van der Waals surface area contributed by atoms with Crippen LogP contribution in [-0.4, -0.2) is 16.6 Å². The highest BCUT2D eigenvalue weighted by molar-refractivity contribution is 5.77. The summed E-state index contributed by atoms with van der Waals surface area (Å²) in [6.07, 6.45) is 2.60. The first-order valence-corrected chi connectivity index (χ1v) is 6.68. The van der Waals surface area contributed by atoms with E-state index in [2.05, 4.69) is 49.0 Å². The van der Waals surface area contributed by atoms with Crippen LogP contribution in [0.3, 0.4) is 0 Å². The summed E-state index contributed by atoms with van der Waals surface area (Å²) in [6, 6.07) is 6.60. The second kappa shape index (κ2) is 3.82. The molecule has 1 N–H and O–H groups in total. The second-order valence-corrected chi connectivity index (χ2v) is 5.88. The maximum Gasteiger partial charge on any atom is 0.112 e. The van der Waals surface area contributed by atoms with Gasteiger partial charge in [-0.2, -0.15) is 0 Å². The van der Waals surface area contributed by atoms with Gasteiger partial charge >= 0.3 is 0 Å². The maximum absolute atomic E-state index is 4.77. The molecule has 0 unspecified atom stereocenters. The Kier molecular flexibility index (Phi) is 2.49. The van der Waals surface area contributed by atoms with Crippen LogP contribution in [0.5, 0.6) is 0 Å². The van der Waals surface area contributed by atoms with Gasteiger partial charge in [0, 0.05) is 18.5 Å². The molecule has 0 atom stereocenters. The van der Waals surface area contributed by atoms with Crippen LogP contribution in [0.1, 0.15) is 44.0 Å². The third-order valence-corrected chi connectivity index (χ3v) is 4.20. The molecule has 1 aliphatic carbocycles. The Labute approximate surface area is 108 Å². The molecule has 0 saturated heterocycles. The largest absolute Gasteiger partial charge is 0.331 e. The van der Waals surface area contributed by atoms with Crippen molar-refractivity contribution in [1.82, 2.24) is 14.9 Å². The van der Waals surface area contributed by atoms with E-state index in [9.17, 15) is 0 Å². The molecule has 96 valence electrons. The van der Waals surface area contributed by atoms with Crippen LogP contribution in [0.4, 0.5) is 0 Å². The minimum atomic E-state index is -0.00178. The Bertz CT molecular complexity index is 591. The van der Waals surface area contributed by atoms with Crippen molar-refractivity contribution in [3.05, 3.63) is 29.6 Å². The minimum Gasteiger partial charge on any atom is -0.331 e. The smallest absolute Gasteiger partial charge is 0.112 e. The normalized spacial score (nSPS) is 16.4. The summed E-state index contributed by atoms with van der Waals surface area (Å²) >= 11 is 0. The van der Waals surface area contributed by atoms with Gasteiger partial charge in [-0.15, -0.1) is 0 Å². The molecule has 1 aromatic heterocycles. The summed E-state index contributed by atoms with van der Waals surface area (Å²) in [5.74, 6) is 1.95. The summed E-state index contributed by atoms with van der Waals surface area (Å²) in [5.41, 5.74) is 3.67. The first-order valence-electron chi connectivity index (χ1n) is 6.68. The Balaban J connectivity index is 2.14. The summed E-state index contributed by atoms with van der Waals surface area (Å²) in [4.78, 5) is 4.77. The van der Waals surface area contributed by atoms with Crippen LogP contribution >= 0.6 is 0 Å². The van der Waals surface area contributed by atoms with Gasteiger partial charge < -0.3 is 9.88 Å². The number of nitrogens with one attached hydrogen (secondary N) is 1. The van der Waals surface area contributed by atoms with E-state index in [1.807, 2.05) is 7.05 Å². The van der Waals surface area contributed by atoms with Crippen molar-refractivity contribution in [3.63, 3.8) is 0 Å². The Hall–Kier alpha value is -1.35. The molecule has 3 nitrogen and oxygen atoms in total. The fraction of sp³-hybridized carbons (Fsp3) is 0.533. The molecule has 1 aliphatic rings. The van der Waals surface area contributed by atoms with Crippen molar-refractivity contribution < 1.29 is 0 Å². The number of rotatable bonds is 3. The molecule has 1 heterocycles. The molecule has 2 aromatic rings. The summed E-state index contributed by atoms with van der Waals surface area (Å²) in [6.45, 7) is 4.40. The van der Waals surface area contributed by atoms with E-state index < -0.39 is 0 Å². The molecule has 3 rings (SSSR count). The average Bonchev–Trinajstić information content (AvgIpc) is 3.15. The number of fused-ring (bicyclic) bond motifs is 1. The standard InChI is InChI=1S/C15H21N3/c1-15(2,16-3)11-7-8-12-13(9-11)18(4)14(17-12)10-5-6-10/h7-10,16H,5-6H2,1-4H3. The lowest BCUT2D eigenvalue weighted by atomic mass is 9.94. The highest BCUT2D eigenvalue weighted by atomic mass is 15.1. The van der Waals surface area contributed by atoms with Crippen LogP contribution < -0.4 is 5.32 Å². The number of nitrogens with zero attached hydrogens (tertiary/aromatic N) is 2. The Morgan fingerprint density at radius 1 is 1.33 bits per heavy atom. The Morgan fingerprint density at radius 3 is 2.67 bits per heavy atom. The molecule has 0 bridgehead atoms. The molecule has 0 spiro atoms. The van der Waals surface area contributed by atoms with Gasteiger partial charge in [-0.1, -0.05) is 6.07 Å². The molecule has 0 radical (unpaired) electrons. The average molecular weight is 243 g/mol. The van der Waals surface area contributed by atoms with Crippen LogP contribution in [0.15, 0.2) is 18.2 Å². The van der Waals surface area contributed by atoms with Gasteiger partial charge in [-0.3, -0.25) is 0 Å². The molecule has 1 aromatic carbocycles. The minimum absolute atomic E-state index is 0.00178. The van der Waals surface area contributed by atoms with Crippen molar-refractivity contribution in [2.45, 2.75) is 38.1 Å². The van der Waals surface area contributed by atoms with E-state index in [1.54, 1.807) is 0 Å². The molecule has 0 aliphatic heterocycles. The topological polar surface area (TPSA) is 29.9 Å². The summed E-state index contributed by atoms with van der Waals surface area (Å²) < 4.78 is 2.27. The van der Waals surface area contributed by atoms with Crippen LogP contribution in [0.25, 0.3) is 11.0 Å². The molecular formula is C15H21N3. The van der Waals surface area contributed by atoms with Crippen molar-refractivity contribution in [1.29, 1.82) is 0 Å². The number of hydrogen-bond acceptors (Lipinski definition) is 2. The molecule has 1 fully saturated rings. The monoisotopic (exact) mass is 243 g/mol. The van der Waals surface area contributed by atoms with Gasteiger partial charge in [0.1, 0.15) is 5.82 Å². The highest BCUT2D eigenvalue weighted by Crippen LogP contribution is 2.40. The second-order valence-electron chi connectivity index (χ2n) is 5.88. The van der Waals surface area contributed by atoms with Gasteiger partial charge in [0.2, 0.25) is 0 Å². The summed E-state index contributed by atoms with van der Waals surface area (Å²) in [7, 11) is 4.14. The van der Waals surface area contributed by atoms with E-state index in [1.165, 1.54) is 29.7 Å². The van der Waals surface area contributed by atoms with Crippen molar-refractivity contribution in [2.75, 3.05) is 7.05 Å². The van der Waals surface area contributed by atoms with Crippen molar-refractivity contribution in [3.8, 4) is 0 Å². The third-order valence-electron chi connectivity index (χ3n) is 4.20. The van der Waals surface area contributed by atoms with E-state index >= 15 is 0 Å². The van der Waals surface area contributed by atoms with Gasteiger partial charge in [0.05, 0.1) is 11.0 Å². The lowest BCUT2D eigenvalue weighted by molar-refractivity contribution is 0.445. The lowest BCUT2D eigenvalue weighted by Crippen LogP contribution is -2.33. The number of imidazole rings is 1. The first kappa shape index (κ1) is 11.7. The quantitative estimate of drug-likeness (QED) is 0.898. The highest BCUT2D eigenvalue weighted by Gasteiger charge is 2.29. The van der Waals surface area contributed by atoms with Crippen molar-refractivity contribution >= 4 is 11.0 Å². The van der Waals surface area contributed by atoms with E-state index in [0.29, 0.717) is 5.92 Å². The number of aryl methyl sites for hydroxylation is 1. The number of benzene rings is 1. The third kappa shape index (κ3) is 1.74. The van der Waals surface area contributed by atoms with Gasteiger partial charge in [0.25, 0.3) is 0 Å². The van der Waals surface area contributed by atoms with Crippen LogP contribution in [0.2, 0.25) is 0 Å². The fourth-order valence-corrected chi connectivity index (χ4v) is 2.45. The van der Waals surface area contributed by atoms with Gasteiger partial charge in [-0.25, -0.2) is 4.98 Å². The molecule has 18 heavy (non-hydrogen) atoms. The maximum atomic E-state index is 4.77. The predicted molar refractivity (Wildman–Crippen MR) is 74.8 cm³/mol. The number of hydrogen-bond donors (Lipinski definition) is 1. The van der Waals surface area contributed by atoms with Crippen LogP contribution in [0, 0.1) is 0 Å². The lowest BCUT2D eigenvalue weighted by Gasteiger charge is -2.24. The SMILES string of the molecule is CNC(C)(C)c1ccc2nc(C3CC3)n(C)c2c1. The molecule has 3 heteroatoms. The summed E-state index contributed by atoms with van der Waals surface area (Å²) in [5, 5.41) is 3.35. The van der Waals surface area contributed by atoms with Gasteiger partial charge in [0.15, 0.2) is 0 Å². The van der Waals surface area contributed by atoms with E-state index in [4.69, 9.17) is 4.98 Å². The fourth-order valence-electron chi connectivity index (χ4n) is 2.45. The van der Waals surface area contributed by atoms with E-state index in [0.717, 1.165) is 5.52 Å². The first-order chi connectivity index (χ1) is 8.53. The molecule has 0 amide bonds. The van der Waals surface area contributed by atoms with Gasteiger partial charge in [-0.05, 0) is 51.4 Å². The van der Waals surface area contributed by atoms with E-state index in [-0.39, 0.29) is 5.54 Å². The predicted octanol–water partition coefficient (Wildman–Crippen LogP) is 2.91. The molecular weight excluding hydrogens is 222 g/mol. The Morgan fingerprint density at radius 2 is 2.06 bits per heavy atom. The zero-order valence-corrected chi connectivity index (χ0v) is 11.6.